The molecule has 0 unspecified atom stereocenters. The summed E-state index contributed by atoms with van der Waals surface area (Å²) in [7, 11) is 0. The Balaban J connectivity index is 3.16. The lowest BCUT2D eigenvalue weighted by atomic mass is 9.85. The number of phenols is 1. The minimum Gasteiger partial charge on any atom is -0.508 e. The number of aliphatic hydroxyl groups excluding tert-OH is 1. The van der Waals surface area contributed by atoms with Crippen molar-refractivity contribution in [1.29, 1.82) is 0 Å². The second-order valence-electron chi connectivity index (χ2n) is 3.71. The smallest absolute Gasteiger partial charge is 0.117 e. The molecule has 3 heteroatoms. The van der Waals surface area contributed by atoms with Crippen LogP contribution in [0.1, 0.15) is 19.4 Å². The monoisotopic (exact) mass is 200 g/mol. The number of phenolic OH excluding ortho intramolecular Hbond substituents is 1. The molecule has 0 aliphatic heterocycles. The highest BCUT2D eigenvalue weighted by Gasteiger charge is 2.22. The number of hydrogen-bond acceptors (Lipinski definition) is 2. The SMILES string of the molecule is CC(C)(CO)c1ccc(O)cc1Cl. The van der Waals surface area contributed by atoms with E-state index in [1.165, 1.54) is 6.07 Å². The van der Waals surface area contributed by atoms with Crippen molar-refractivity contribution < 1.29 is 10.2 Å². The third kappa shape index (κ3) is 2.14. The third-order valence-electron chi connectivity index (χ3n) is 2.08. The van der Waals surface area contributed by atoms with Crippen molar-refractivity contribution >= 4 is 11.6 Å². The highest BCUT2D eigenvalue weighted by molar-refractivity contribution is 6.31. The second-order valence-corrected chi connectivity index (χ2v) is 4.11. The van der Waals surface area contributed by atoms with Gasteiger partial charge in [-0.2, -0.15) is 0 Å². The summed E-state index contributed by atoms with van der Waals surface area (Å²) in [6.07, 6.45) is 0. The van der Waals surface area contributed by atoms with Crippen LogP contribution >= 0.6 is 11.6 Å². The number of aromatic hydroxyl groups is 1. The molecule has 0 saturated heterocycles. The van der Waals surface area contributed by atoms with Gasteiger partial charge in [0.05, 0.1) is 6.61 Å². The molecular formula is C10H13ClO2. The van der Waals surface area contributed by atoms with Crippen LogP contribution in [0.2, 0.25) is 5.02 Å². The molecule has 13 heavy (non-hydrogen) atoms. The molecule has 1 aromatic rings. The van der Waals surface area contributed by atoms with Gasteiger partial charge in [-0.25, -0.2) is 0 Å². The average molecular weight is 201 g/mol. The van der Waals surface area contributed by atoms with E-state index in [1.807, 2.05) is 13.8 Å². The van der Waals surface area contributed by atoms with E-state index in [9.17, 15) is 0 Å². The molecule has 0 aliphatic rings. The van der Waals surface area contributed by atoms with E-state index < -0.39 is 0 Å². The molecule has 0 amide bonds. The molecule has 0 saturated carbocycles. The van der Waals surface area contributed by atoms with E-state index >= 15 is 0 Å². The summed E-state index contributed by atoms with van der Waals surface area (Å²) >= 11 is 5.92. The summed E-state index contributed by atoms with van der Waals surface area (Å²) in [6.45, 7) is 3.81. The topological polar surface area (TPSA) is 40.5 Å². The van der Waals surface area contributed by atoms with Gasteiger partial charge in [0.2, 0.25) is 0 Å². The van der Waals surface area contributed by atoms with Gasteiger partial charge in [0.1, 0.15) is 5.75 Å². The largest absolute Gasteiger partial charge is 0.508 e. The van der Waals surface area contributed by atoms with Crippen LogP contribution in [0.3, 0.4) is 0 Å². The molecule has 0 atom stereocenters. The van der Waals surface area contributed by atoms with E-state index in [0.717, 1.165) is 5.56 Å². The van der Waals surface area contributed by atoms with E-state index in [4.69, 9.17) is 21.8 Å². The van der Waals surface area contributed by atoms with Crippen molar-refractivity contribution in [2.45, 2.75) is 19.3 Å². The highest BCUT2D eigenvalue weighted by Crippen LogP contribution is 2.31. The van der Waals surface area contributed by atoms with Gasteiger partial charge in [-0.1, -0.05) is 31.5 Å². The minimum atomic E-state index is -0.370. The second kappa shape index (κ2) is 3.56. The van der Waals surface area contributed by atoms with Crippen molar-refractivity contribution in [3.63, 3.8) is 0 Å². The predicted molar refractivity (Wildman–Crippen MR) is 53.2 cm³/mol. The molecule has 0 heterocycles. The lowest BCUT2D eigenvalue weighted by molar-refractivity contribution is 0.218. The molecule has 0 aliphatic carbocycles. The Bertz CT molecular complexity index is 308. The molecule has 72 valence electrons. The van der Waals surface area contributed by atoms with Crippen LogP contribution in [-0.2, 0) is 5.41 Å². The van der Waals surface area contributed by atoms with Crippen LogP contribution in [0, 0.1) is 0 Å². The van der Waals surface area contributed by atoms with Gasteiger partial charge in [0.25, 0.3) is 0 Å². The maximum atomic E-state index is 9.13. The average Bonchev–Trinajstić information content (AvgIpc) is 2.03. The Morgan fingerprint density at radius 1 is 1.38 bits per heavy atom. The predicted octanol–water partition coefficient (Wildman–Crippen LogP) is 2.32. The lowest BCUT2D eigenvalue weighted by Crippen LogP contribution is -2.22. The van der Waals surface area contributed by atoms with Crippen LogP contribution in [0.5, 0.6) is 5.75 Å². The molecule has 2 nitrogen and oxygen atoms in total. The summed E-state index contributed by atoms with van der Waals surface area (Å²) in [5.74, 6) is 0.141. The molecule has 0 radical (unpaired) electrons. The maximum absolute atomic E-state index is 9.13. The fraction of sp³-hybridized carbons (Fsp3) is 0.400. The van der Waals surface area contributed by atoms with Crippen LogP contribution < -0.4 is 0 Å². The van der Waals surface area contributed by atoms with Crippen LogP contribution in [0.4, 0.5) is 0 Å². The Morgan fingerprint density at radius 2 is 2.00 bits per heavy atom. The van der Waals surface area contributed by atoms with Gasteiger partial charge in [-0.05, 0) is 17.7 Å². The standard InChI is InChI=1S/C10H13ClO2/c1-10(2,6-12)8-4-3-7(13)5-9(8)11/h3-5,12-13H,6H2,1-2H3. The molecule has 1 aromatic carbocycles. The van der Waals surface area contributed by atoms with Crippen LogP contribution in [0.15, 0.2) is 18.2 Å². The quantitative estimate of drug-likeness (QED) is 0.769. The number of halogens is 1. The molecule has 2 N–H and O–H groups in total. The van der Waals surface area contributed by atoms with E-state index in [-0.39, 0.29) is 17.8 Å². The molecular weight excluding hydrogens is 188 g/mol. The van der Waals surface area contributed by atoms with Crippen molar-refractivity contribution in [3.05, 3.63) is 28.8 Å². The van der Waals surface area contributed by atoms with Gasteiger partial charge in [-0.15, -0.1) is 0 Å². The van der Waals surface area contributed by atoms with Crippen molar-refractivity contribution in [2.75, 3.05) is 6.61 Å². The minimum absolute atomic E-state index is 0.0253. The zero-order chi connectivity index (χ0) is 10.1. The summed E-state index contributed by atoms with van der Waals surface area (Å²) < 4.78 is 0. The summed E-state index contributed by atoms with van der Waals surface area (Å²) in [5, 5.41) is 18.7. The van der Waals surface area contributed by atoms with E-state index in [1.54, 1.807) is 12.1 Å². The molecule has 0 fully saturated rings. The lowest BCUT2D eigenvalue weighted by Gasteiger charge is -2.23. The van der Waals surface area contributed by atoms with Gasteiger partial charge in [0, 0.05) is 10.4 Å². The molecule has 0 bridgehead atoms. The number of benzene rings is 1. The molecule has 1 rings (SSSR count). The van der Waals surface area contributed by atoms with Gasteiger partial charge < -0.3 is 10.2 Å². The fourth-order valence-electron chi connectivity index (χ4n) is 1.14. The summed E-state index contributed by atoms with van der Waals surface area (Å²) in [4.78, 5) is 0. The Labute approximate surface area is 82.8 Å². The Morgan fingerprint density at radius 3 is 2.46 bits per heavy atom. The van der Waals surface area contributed by atoms with Crippen LogP contribution in [-0.4, -0.2) is 16.8 Å². The van der Waals surface area contributed by atoms with Crippen molar-refractivity contribution in [2.24, 2.45) is 0 Å². The normalized spacial score (nSPS) is 11.7. The van der Waals surface area contributed by atoms with Crippen molar-refractivity contribution in [3.8, 4) is 5.75 Å². The molecule has 0 aromatic heterocycles. The molecule has 0 spiro atoms. The Kier molecular flexibility index (Phi) is 2.84. The number of rotatable bonds is 2. The van der Waals surface area contributed by atoms with E-state index in [2.05, 4.69) is 0 Å². The summed E-state index contributed by atoms with van der Waals surface area (Å²) in [5.41, 5.74) is 0.472. The highest BCUT2D eigenvalue weighted by atomic mass is 35.5. The third-order valence-corrected chi connectivity index (χ3v) is 2.39. The zero-order valence-corrected chi connectivity index (χ0v) is 8.47. The first kappa shape index (κ1) is 10.4. The summed E-state index contributed by atoms with van der Waals surface area (Å²) in [6, 6.07) is 4.78. The Hall–Kier alpha value is -0.730. The van der Waals surface area contributed by atoms with Gasteiger partial charge >= 0.3 is 0 Å². The first-order valence-corrected chi connectivity index (χ1v) is 4.45. The maximum Gasteiger partial charge on any atom is 0.117 e. The zero-order valence-electron chi connectivity index (χ0n) is 7.71. The van der Waals surface area contributed by atoms with Gasteiger partial charge in [-0.3, -0.25) is 0 Å². The fourth-order valence-corrected chi connectivity index (χ4v) is 1.57. The number of aliphatic hydroxyl groups is 1. The first-order valence-electron chi connectivity index (χ1n) is 4.07. The first-order chi connectivity index (χ1) is 5.97. The van der Waals surface area contributed by atoms with Gasteiger partial charge in [0.15, 0.2) is 0 Å². The van der Waals surface area contributed by atoms with Crippen LogP contribution in [0.25, 0.3) is 0 Å². The van der Waals surface area contributed by atoms with Crippen molar-refractivity contribution in [1.82, 2.24) is 0 Å². The van der Waals surface area contributed by atoms with E-state index in [0.29, 0.717) is 5.02 Å². The number of hydrogen-bond donors (Lipinski definition) is 2.